The van der Waals surface area contributed by atoms with Gasteiger partial charge in [0, 0.05) is 26.6 Å². The van der Waals surface area contributed by atoms with Crippen LogP contribution in [0.4, 0.5) is 0 Å². The highest BCUT2D eigenvalue weighted by Crippen LogP contribution is 2.14. The van der Waals surface area contributed by atoms with Crippen LogP contribution in [-0.4, -0.2) is 24.5 Å². The second kappa shape index (κ2) is 4.45. The minimum Gasteiger partial charge on any atom is -0.478 e. The lowest BCUT2D eigenvalue weighted by atomic mass is 10.2. The Morgan fingerprint density at radius 1 is 1.33 bits per heavy atom. The molecule has 0 aliphatic carbocycles. The van der Waals surface area contributed by atoms with Crippen LogP contribution in [0.25, 0.3) is 0 Å². The largest absolute Gasteiger partial charge is 0.478 e. The molecule has 0 saturated heterocycles. The first-order chi connectivity index (χ1) is 6.87. The summed E-state index contributed by atoms with van der Waals surface area (Å²) < 4.78 is 5.31. The van der Waals surface area contributed by atoms with Crippen molar-refractivity contribution in [2.45, 2.75) is 13.5 Å². The lowest BCUT2D eigenvalue weighted by Gasteiger charge is -2.34. The summed E-state index contributed by atoms with van der Waals surface area (Å²) in [6.45, 7) is 2.12. The number of hydrogen-bond acceptors (Lipinski definition) is 2. The smallest absolute Gasteiger partial charge is 0.308 e. The quantitative estimate of drug-likeness (QED) is 0.326. The molecule has 0 aromatic heterocycles. The van der Waals surface area contributed by atoms with Gasteiger partial charge in [0.25, 0.3) is 0 Å². The van der Waals surface area contributed by atoms with E-state index < -0.39 is 0 Å². The molecular formula is C12H16NO2. The molecule has 15 heavy (non-hydrogen) atoms. The Morgan fingerprint density at radius 3 is 2.27 bits per heavy atom. The molecule has 0 aliphatic rings. The van der Waals surface area contributed by atoms with E-state index in [4.69, 9.17) is 11.8 Å². The summed E-state index contributed by atoms with van der Waals surface area (Å²) in [6.07, 6.45) is 0. The number of nitrogens with zero attached hydrogens (tertiary/aromatic N) is 1. The van der Waals surface area contributed by atoms with Crippen molar-refractivity contribution in [2.24, 2.45) is 0 Å². The molecule has 3 heteroatoms. The van der Waals surface area contributed by atoms with Crippen molar-refractivity contribution in [1.82, 2.24) is 0 Å². The first-order valence-electron chi connectivity index (χ1n) is 4.76. The standard InChI is InChI=1S/C12H16NO2/c1-10(14)15-12-7-5-11(6-8-12)9-13(2,3)4/h2,5-8H,9H2,1,3-4H3. The fourth-order valence-corrected chi connectivity index (χ4v) is 1.30. The van der Waals surface area contributed by atoms with Crippen molar-refractivity contribution in [1.29, 1.82) is 0 Å². The van der Waals surface area contributed by atoms with Crippen LogP contribution in [-0.2, 0) is 11.3 Å². The summed E-state index contributed by atoms with van der Waals surface area (Å²) >= 11 is 0. The van der Waals surface area contributed by atoms with Gasteiger partial charge in [0.15, 0.2) is 0 Å². The maximum absolute atomic E-state index is 10.7. The normalized spacial score (nSPS) is 11.2. The lowest BCUT2D eigenvalue weighted by Crippen LogP contribution is -2.30. The molecular weight excluding hydrogens is 190 g/mol. The topological polar surface area (TPSA) is 26.3 Å². The van der Waals surface area contributed by atoms with Crippen molar-refractivity contribution >= 4 is 5.97 Å². The van der Waals surface area contributed by atoms with Gasteiger partial charge in [-0.25, -0.2) is 7.05 Å². The SMILES string of the molecule is [CH-][N+](C)(C)Cc1ccc(OC(C)=O)cc1. The number of carbonyl (C=O) groups excluding carboxylic acids is 1. The van der Waals surface area contributed by atoms with Crippen molar-refractivity contribution in [3.8, 4) is 5.75 Å². The molecule has 81 valence electrons. The van der Waals surface area contributed by atoms with Gasteiger partial charge in [-0.1, -0.05) is 0 Å². The third-order valence-corrected chi connectivity index (χ3v) is 1.78. The molecule has 1 aromatic rings. The van der Waals surface area contributed by atoms with Crippen LogP contribution in [0, 0.1) is 7.05 Å². The molecule has 0 spiro atoms. The number of carbonyl (C=O) groups is 1. The van der Waals surface area contributed by atoms with Crippen LogP contribution in [0.1, 0.15) is 12.5 Å². The minimum atomic E-state index is -0.308. The Morgan fingerprint density at radius 2 is 1.87 bits per heavy atom. The molecule has 0 N–H and O–H groups in total. The van der Waals surface area contributed by atoms with Gasteiger partial charge in [0.2, 0.25) is 0 Å². The van der Waals surface area contributed by atoms with Gasteiger partial charge in [-0.3, -0.25) is 4.79 Å². The summed E-state index contributed by atoms with van der Waals surface area (Å²) in [6, 6.07) is 7.36. The molecule has 1 rings (SSSR count). The van der Waals surface area contributed by atoms with Crippen LogP contribution in [0.2, 0.25) is 0 Å². The summed E-state index contributed by atoms with van der Waals surface area (Å²) in [5, 5.41) is 0. The summed E-state index contributed by atoms with van der Waals surface area (Å²) in [4.78, 5) is 10.7. The maximum atomic E-state index is 10.7. The van der Waals surface area contributed by atoms with E-state index in [1.807, 2.05) is 26.2 Å². The van der Waals surface area contributed by atoms with Gasteiger partial charge in [0.1, 0.15) is 5.75 Å². The van der Waals surface area contributed by atoms with E-state index in [2.05, 4.69) is 0 Å². The van der Waals surface area contributed by atoms with E-state index in [1.54, 1.807) is 12.1 Å². The van der Waals surface area contributed by atoms with Gasteiger partial charge < -0.3 is 9.22 Å². The van der Waals surface area contributed by atoms with Crippen molar-refractivity contribution < 1.29 is 14.0 Å². The van der Waals surface area contributed by atoms with Crippen molar-refractivity contribution in [3.63, 3.8) is 0 Å². The second-order valence-electron chi connectivity index (χ2n) is 4.17. The number of benzene rings is 1. The van der Waals surface area contributed by atoms with E-state index in [0.717, 1.165) is 12.1 Å². The van der Waals surface area contributed by atoms with Crippen molar-refractivity contribution in [2.75, 3.05) is 14.1 Å². The Labute approximate surface area is 90.9 Å². The van der Waals surface area contributed by atoms with E-state index in [-0.39, 0.29) is 5.97 Å². The highest BCUT2D eigenvalue weighted by molar-refractivity contribution is 5.69. The van der Waals surface area contributed by atoms with Crippen LogP contribution >= 0.6 is 0 Å². The van der Waals surface area contributed by atoms with Crippen LogP contribution in [0.15, 0.2) is 24.3 Å². The van der Waals surface area contributed by atoms with Gasteiger partial charge >= 0.3 is 5.97 Å². The van der Waals surface area contributed by atoms with Gasteiger partial charge in [0.05, 0.1) is 6.54 Å². The molecule has 0 saturated carbocycles. The zero-order valence-electron chi connectivity index (χ0n) is 9.36. The molecule has 0 fully saturated rings. The number of hydrogen-bond donors (Lipinski definition) is 0. The van der Waals surface area contributed by atoms with Crippen LogP contribution < -0.4 is 4.74 Å². The summed E-state index contributed by atoms with van der Waals surface area (Å²) in [5.41, 5.74) is 1.11. The first kappa shape index (κ1) is 11.7. The average molecular weight is 206 g/mol. The van der Waals surface area contributed by atoms with Crippen LogP contribution in [0.3, 0.4) is 0 Å². The molecule has 1 radical (unpaired) electrons. The number of rotatable bonds is 3. The molecule has 0 amide bonds. The summed E-state index contributed by atoms with van der Waals surface area (Å²) in [5.74, 6) is 0.256. The van der Waals surface area contributed by atoms with Gasteiger partial charge in [-0.15, -0.1) is 0 Å². The van der Waals surface area contributed by atoms with Crippen LogP contribution in [0.5, 0.6) is 5.75 Å². The number of quaternary nitrogens is 1. The molecule has 0 bridgehead atoms. The maximum Gasteiger partial charge on any atom is 0.308 e. The minimum absolute atomic E-state index is 0.308. The highest BCUT2D eigenvalue weighted by Gasteiger charge is 2.03. The van der Waals surface area contributed by atoms with E-state index >= 15 is 0 Å². The van der Waals surface area contributed by atoms with E-state index in [9.17, 15) is 4.79 Å². The number of esters is 1. The fourth-order valence-electron chi connectivity index (χ4n) is 1.30. The molecule has 0 atom stereocenters. The molecule has 1 aromatic carbocycles. The monoisotopic (exact) mass is 206 g/mol. The average Bonchev–Trinajstić information content (AvgIpc) is 2.05. The zero-order chi connectivity index (χ0) is 11.5. The second-order valence-corrected chi connectivity index (χ2v) is 4.17. The van der Waals surface area contributed by atoms with Gasteiger partial charge in [-0.05, 0) is 24.3 Å². The molecule has 3 nitrogen and oxygen atoms in total. The highest BCUT2D eigenvalue weighted by atomic mass is 16.5. The lowest BCUT2D eigenvalue weighted by molar-refractivity contribution is -0.859. The zero-order valence-corrected chi connectivity index (χ0v) is 9.36. The van der Waals surface area contributed by atoms with E-state index in [1.165, 1.54) is 6.92 Å². The third-order valence-electron chi connectivity index (χ3n) is 1.78. The summed E-state index contributed by atoms with van der Waals surface area (Å²) in [7, 11) is 9.67. The Bertz CT molecular complexity index is 336. The molecule has 0 aliphatic heterocycles. The molecule has 0 heterocycles. The Kier molecular flexibility index (Phi) is 3.48. The van der Waals surface area contributed by atoms with Gasteiger partial charge in [-0.2, -0.15) is 0 Å². The Balaban J connectivity index is 2.68. The first-order valence-corrected chi connectivity index (χ1v) is 4.76. The third kappa shape index (κ3) is 4.61. The predicted molar refractivity (Wildman–Crippen MR) is 57.9 cm³/mol. The molecule has 0 unspecified atom stereocenters. The Hall–Kier alpha value is -1.35. The fraction of sp³-hybridized carbons (Fsp3) is 0.333. The predicted octanol–water partition coefficient (Wildman–Crippen LogP) is 1.86. The van der Waals surface area contributed by atoms with Crippen molar-refractivity contribution in [3.05, 3.63) is 36.9 Å². The number of ether oxygens (including phenoxy) is 1. The van der Waals surface area contributed by atoms with E-state index in [0.29, 0.717) is 10.2 Å².